The number of hydrogen-bond donors (Lipinski definition) is 2. The average Bonchev–Trinajstić information content (AvgIpc) is 3.19. The van der Waals surface area contributed by atoms with Gasteiger partial charge in [0.2, 0.25) is 17.8 Å². The Bertz CT molecular complexity index is 1020. The third kappa shape index (κ3) is 6.59. The van der Waals surface area contributed by atoms with Crippen molar-refractivity contribution in [2.75, 3.05) is 11.9 Å². The smallest absolute Gasteiger partial charge is 0.246 e. The topological polar surface area (TPSA) is 83.0 Å². The highest BCUT2D eigenvalue weighted by atomic mass is 16.5. The van der Waals surface area contributed by atoms with E-state index < -0.39 is 0 Å². The predicted molar refractivity (Wildman–Crippen MR) is 134 cm³/mol. The van der Waals surface area contributed by atoms with Gasteiger partial charge in [-0.3, -0.25) is 14.9 Å². The van der Waals surface area contributed by atoms with Gasteiger partial charge in [-0.25, -0.2) is 4.99 Å². The number of carbonyl (C=O) groups excluding carboxylic acids is 2. The highest BCUT2D eigenvalue weighted by Gasteiger charge is 2.29. The van der Waals surface area contributed by atoms with Crippen LogP contribution in [0, 0.1) is 0 Å². The third-order valence-electron chi connectivity index (χ3n) is 6.20. The molecule has 7 heteroatoms. The van der Waals surface area contributed by atoms with Crippen molar-refractivity contribution in [3.63, 3.8) is 0 Å². The van der Waals surface area contributed by atoms with E-state index in [1.54, 1.807) is 0 Å². The fraction of sp³-hybridized carbons (Fsp3) is 0.444. The molecular formula is C27H34N4O3. The lowest BCUT2D eigenvalue weighted by atomic mass is 10.0. The molecule has 0 aliphatic carbocycles. The van der Waals surface area contributed by atoms with Crippen molar-refractivity contribution in [1.82, 2.24) is 10.2 Å². The van der Waals surface area contributed by atoms with Crippen molar-refractivity contribution in [1.29, 1.82) is 0 Å². The summed E-state index contributed by atoms with van der Waals surface area (Å²) in [7, 11) is 0. The van der Waals surface area contributed by atoms with E-state index in [1.165, 1.54) is 19.3 Å². The first-order valence-electron chi connectivity index (χ1n) is 12.4. The monoisotopic (exact) mass is 462 g/mol. The molecule has 2 aromatic rings. The Morgan fingerprint density at radius 1 is 1.09 bits per heavy atom. The Morgan fingerprint density at radius 3 is 2.74 bits per heavy atom. The molecule has 180 valence electrons. The van der Waals surface area contributed by atoms with Crippen molar-refractivity contribution < 1.29 is 14.3 Å². The fourth-order valence-electron chi connectivity index (χ4n) is 4.38. The summed E-state index contributed by atoms with van der Waals surface area (Å²) in [4.78, 5) is 30.6. The highest BCUT2D eigenvalue weighted by Crippen LogP contribution is 2.32. The van der Waals surface area contributed by atoms with Gasteiger partial charge in [-0.1, -0.05) is 50.5 Å². The van der Waals surface area contributed by atoms with Crippen molar-refractivity contribution in [2.24, 2.45) is 4.99 Å². The van der Waals surface area contributed by atoms with Gasteiger partial charge in [0, 0.05) is 24.7 Å². The summed E-state index contributed by atoms with van der Waals surface area (Å²) in [5.74, 6) is 1.42. The average molecular weight is 463 g/mol. The molecule has 2 aliphatic rings. The molecule has 1 unspecified atom stereocenters. The zero-order chi connectivity index (χ0) is 23.8. The number of carbonyl (C=O) groups is 2. The molecule has 0 saturated carbocycles. The molecule has 0 radical (unpaired) electrons. The minimum Gasteiger partial charge on any atom is -0.490 e. The van der Waals surface area contributed by atoms with Gasteiger partial charge in [0.1, 0.15) is 12.3 Å². The van der Waals surface area contributed by atoms with E-state index in [-0.39, 0.29) is 17.9 Å². The Balaban J connectivity index is 1.34. The molecule has 0 aromatic heterocycles. The van der Waals surface area contributed by atoms with Crippen LogP contribution < -0.4 is 15.4 Å². The molecule has 34 heavy (non-hydrogen) atoms. The number of rotatable bonds is 12. The second-order valence-corrected chi connectivity index (χ2v) is 9.03. The van der Waals surface area contributed by atoms with E-state index >= 15 is 0 Å². The molecule has 2 N–H and O–H groups in total. The molecule has 1 fully saturated rings. The summed E-state index contributed by atoms with van der Waals surface area (Å²) in [5.41, 5.74) is 2.76. The maximum absolute atomic E-state index is 12.3. The molecule has 2 heterocycles. The third-order valence-corrected chi connectivity index (χ3v) is 6.20. The van der Waals surface area contributed by atoms with Gasteiger partial charge in [0.05, 0.1) is 11.8 Å². The number of guanidine groups is 1. The molecule has 0 spiro atoms. The van der Waals surface area contributed by atoms with E-state index in [1.807, 2.05) is 53.4 Å². The van der Waals surface area contributed by atoms with E-state index in [0.29, 0.717) is 25.5 Å². The number of hydrogen-bond acceptors (Lipinski definition) is 5. The van der Waals surface area contributed by atoms with E-state index in [9.17, 15) is 9.59 Å². The lowest BCUT2D eigenvalue weighted by Crippen LogP contribution is -2.32. The summed E-state index contributed by atoms with van der Waals surface area (Å²) in [6, 6.07) is 15.5. The minimum absolute atomic E-state index is 0.0218. The molecule has 2 aromatic carbocycles. The van der Waals surface area contributed by atoms with Crippen LogP contribution in [0.1, 0.15) is 63.9 Å². The SMILES string of the molecule is CCCCCCC(CCCC(=O)Nc1ccccc1)Oc1ccc2c(c1)N=C1NC(=O)CN1C2. The first-order valence-corrected chi connectivity index (χ1v) is 12.4. The normalized spacial score (nSPS) is 15.1. The van der Waals surface area contributed by atoms with E-state index in [2.05, 4.69) is 22.5 Å². The second kappa shape index (κ2) is 11.7. The van der Waals surface area contributed by atoms with E-state index in [0.717, 1.165) is 48.4 Å². The molecule has 2 aliphatic heterocycles. The summed E-state index contributed by atoms with van der Waals surface area (Å²) in [6.07, 6.45) is 7.82. The second-order valence-electron chi connectivity index (χ2n) is 9.03. The number of amides is 2. The Labute approximate surface area is 201 Å². The van der Waals surface area contributed by atoms with Gasteiger partial charge in [0.15, 0.2) is 0 Å². The maximum atomic E-state index is 12.3. The molecular weight excluding hydrogens is 428 g/mol. The highest BCUT2D eigenvalue weighted by molar-refractivity contribution is 6.05. The lowest BCUT2D eigenvalue weighted by Gasteiger charge is -2.24. The summed E-state index contributed by atoms with van der Waals surface area (Å²) >= 11 is 0. The zero-order valence-electron chi connectivity index (χ0n) is 19.9. The van der Waals surface area contributed by atoms with Gasteiger partial charge in [-0.05, 0) is 49.4 Å². The lowest BCUT2D eigenvalue weighted by molar-refractivity contribution is -0.118. The summed E-state index contributed by atoms with van der Waals surface area (Å²) in [6.45, 7) is 3.24. The van der Waals surface area contributed by atoms with Gasteiger partial charge in [-0.2, -0.15) is 0 Å². The van der Waals surface area contributed by atoms with Crippen LogP contribution in [0.4, 0.5) is 11.4 Å². The molecule has 1 atom stereocenters. The van der Waals surface area contributed by atoms with Crippen LogP contribution in [0.15, 0.2) is 53.5 Å². The predicted octanol–water partition coefficient (Wildman–Crippen LogP) is 5.15. The van der Waals surface area contributed by atoms with Crippen LogP contribution in [0.3, 0.4) is 0 Å². The molecule has 7 nitrogen and oxygen atoms in total. The minimum atomic E-state index is -0.0218. The largest absolute Gasteiger partial charge is 0.490 e. The van der Waals surface area contributed by atoms with E-state index in [4.69, 9.17) is 4.74 Å². The van der Waals surface area contributed by atoms with Crippen LogP contribution in [0.5, 0.6) is 5.75 Å². The zero-order valence-corrected chi connectivity index (χ0v) is 19.9. The Kier molecular flexibility index (Phi) is 8.17. The van der Waals surface area contributed by atoms with Crippen LogP contribution in [-0.4, -0.2) is 35.3 Å². The molecule has 0 bridgehead atoms. The molecule has 2 amide bonds. The maximum Gasteiger partial charge on any atom is 0.246 e. The Morgan fingerprint density at radius 2 is 1.91 bits per heavy atom. The van der Waals surface area contributed by atoms with Crippen LogP contribution in [-0.2, 0) is 16.1 Å². The van der Waals surface area contributed by atoms with Crippen molar-refractivity contribution in [3.8, 4) is 5.75 Å². The Hall–Kier alpha value is -3.35. The standard InChI is InChI=1S/C27H34N4O3/c1-2-3-4-8-12-22(13-9-14-25(32)28-21-10-6-5-7-11-21)34-23-16-15-20-18-31-19-26(33)30-27(31)29-24(20)17-23/h5-7,10-11,15-17,22H,2-4,8-9,12-14,18-19H2,1H3,(H,28,32)(H,29,30,33). The van der Waals surface area contributed by atoms with Gasteiger partial charge in [-0.15, -0.1) is 0 Å². The van der Waals surface area contributed by atoms with Crippen molar-refractivity contribution in [2.45, 2.75) is 70.9 Å². The van der Waals surface area contributed by atoms with Crippen molar-refractivity contribution in [3.05, 3.63) is 54.1 Å². The summed E-state index contributed by atoms with van der Waals surface area (Å²) < 4.78 is 6.39. The fourth-order valence-corrected chi connectivity index (χ4v) is 4.38. The van der Waals surface area contributed by atoms with Gasteiger partial charge < -0.3 is 15.0 Å². The van der Waals surface area contributed by atoms with Crippen LogP contribution in [0.25, 0.3) is 0 Å². The number of nitrogens with one attached hydrogen (secondary N) is 2. The number of aliphatic imine (C=N–C) groups is 1. The van der Waals surface area contributed by atoms with Crippen molar-refractivity contribution >= 4 is 29.1 Å². The number of anilines is 1. The molecule has 1 saturated heterocycles. The first kappa shape index (κ1) is 23.8. The van der Waals surface area contributed by atoms with Crippen LogP contribution in [0.2, 0.25) is 0 Å². The number of benzene rings is 2. The first-order chi connectivity index (χ1) is 16.6. The number of fused-ring (bicyclic) bond motifs is 2. The number of ether oxygens (including phenoxy) is 1. The van der Waals surface area contributed by atoms with Gasteiger partial charge in [0.25, 0.3) is 0 Å². The van der Waals surface area contributed by atoms with Crippen LogP contribution >= 0.6 is 0 Å². The summed E-state index contributed by atoms with van der Waals surface area (Å²) in [5, 5.41) is 5.76. The number of nitrogens with zero attached hydrogens (tertiary/aromatic N) is 2. The van der Waals surface area contributed by atoms with Gasteiger partial charge >= 0.3 is 0 Å². The quantitative estimate of drug-likeness (QED) is 0.428. The molecule has 4 rings (SSSR count). The number of para-hydroxylation sites is 1. The number of unbranched alkanes of at least 4 members (excludes halogenated alkanes) is 3.